The average Bonchev–Trinajstić information content (AvgIpc) is 3.18. The number of morpholine rings is 1. The molecule has 2 aromatic carbocycles. The van der Waals surface area contributed by atoms with Crippen LogP contribution < -0.4 is 10.6 Å². The third kappa shape index (κ3) is 6.28. The highest BCUT2D eigenvalue weighted by molar-refractivity contribution is 6.34. The lowest BCUT2D eigenvalue weighted by molar-refractivity contribution is -0.119. The van der Waals surface area contributed by atoms with Gasteiger partial charge in [0.25, 0.3) is 5.91 Å². The largest absolute Gasteiger partial charge is 0.379 e. The molecule has 0 aliphatic carbocycles. The second-order valence-corrected chi connectivity index (χ2v) is 9.18. The van der Waals surface area contributed by atoms with Crippen LogP contribution in [0.4, 0.5) is 11.4 Å². The van der Waals surface area contributed by atoms with Crippen molar-refractivity contribution in [2.75, 3.05) is 36.9 Å². The van der Waals surface area contributed by atoms with Crippen molar-refractivity contribution in [1.29, 1.82) is 0 Å². The molecule has 2 amide bonds. The van der Waals surface area contributed by atoms with Crippen LogP contribution in [0.25, 0.3) is 0 Å². The maximum Gasteiger partial charge on any atom is 0.255 e. The molecule has 1 saturated heterocycles. The molecule has 1 aromatic heterocycles. The molecule has 1 aliphatic heterocycles. The average molecular weight is 496 g/mol. The van der Waals surface area contributed by atoms with Gasteiger partial charge in [0.2, 0.25) is 5.91 Å². The maximum absolute atomic E-state index is 12.8. The fraction of sp³-hybridized carbons (Fsp3) is 0.346. The van der Waals surface area contributed by atoms with Gasteiger partial charge in [0.15, 0.2) is 0 Å². The number of benzene rings is 2. The van der Waals surface area contributed by atoms with E-state index < -0.39 is 6.04 Å². The summed E-state index contributed by atoms with van der Waals surface area (Å²) in [5.74, 6) is -0.452. The fourth-order valence-electron chi connectivity index (χ4n) is 4.11. The summed E-state index contributed by atoms with van der Waals surface area (Å²) in [4.78, 5) is 27.9. The van der Waals surface area contributed by atoms with Crippen LogP contribution in [-0.4, -0.2) is 52.8 Å². The highest BCUT2D eigenvalue weighted by atomic mass is 35.5. The van der Waals surface area contributed by atoms with E-state index in [-0.39, 0.29) is 11.8 Å². The molecule has 1 aliphatic rings. The number of anilines is 2. The van der Waals surface area contributed by atoms with E-state index in [0.717, 1.165) is 49.8 Å². The first-order chi connectivity index (χ1) is 16.8. The van der Waals surface area contributed by atoms with Crippen molar-refractivity contribution < 1.29 is 14.3 Å². The second-order valence-electron chi connectivity index (χ2n) is 8.77. The number of aromatic nitrogens is 2. The summed E-state index contributed by atoms with van der Waals surface area (Å²) in [6, 6.07) is 14.0. The molecule has 1 unspecified atom stereocenters. The monoisotopic (exact) mass is 495 g/mol. The molecule has 0 spiro atoms. The third-order valence-electron chi connectivity index (χ3n) is 5.97. The second kappa shape index (κ2) is 11.0. The Kier molecular flexibility index (Phi) is 7.85. The van der Waals surface area contributed by atoms with E-state index in [0.29, 0.717) is 22.0 Å². The lowest BCUT2D eigenvalue weighted by atomic mass is 10.1. The van der Waals surface area contributed by atoms with Gasteiger partial charge in [0.05, 0.1) is 29.6 Å². The highest BCUT2D eigenvalue weighted by Crippen LogP contribution is 2.27. The molecule has 0 bridgehead atoms. The zero-order valence-corrected chi connectivity index (χ0v) is 20.9. The van der Waals surface area contributed by atoms with Crippen molar-refractivity contribution >= 4 is 34.8 Å². The van der Waals surface area contributed by atoms with Crippen LogP contribution in [-0.2, 0) is 16.1 Å². The first kappa shape index (κ1) is 24.9. The van der Waals surface area contributed by atoms with Crippen LogP contribution >= 0.6 is 11.6 Å². The number of amides is 2. The summed E-state index contributed by atoms with van der Waals surface area (Å²) in [7, 11) is 0. The number of hydrogen-bond acceptors (Lipinski definition) is 5. The topological polar surface area (TPSA) is 88.5 Å². The first-order valence-corrected chi connectivity index (χ1v) is 12.0. The van der Waals surface area contributed by atoms with Crippen LogP contribution in [0.1, 0.15) is 40.3 Å². The van der Waals surface area contributed by atoms with Crippen LogP contribution in [0.15, 0.2) is 48.5 Å². The van der Waals surface area contributed by atoms with E-state index in [1.807, 2.05) is 38.1 Å². The highest BCUT2D eigenvalue weighted by Gasteiger charge is 2.19. The summed E-state index contributed by atoms with van der Waals surface area (Å²) in [6.45, 7) is 9.60. The lowest BCUT2D eigenvalue weighted by Gasteiger charge is -2.26. The molecule has 2 N–H and O–H groups in total. The summed E-state index contributed by atoms with van der Waals surface area (Å²) < 4.78 is 7.08. The van der Waals surface area contributed by atoms with Gasteiger partial charge < -0.3 is 15.4 Å². The Balaban J connectivity index is 1.38. The molecular weight excluding hydrogens is 466 g/mol. The standard InChI is InChI=1S/C26H30ClN5O3/c1-17-13-18(2)32(30-17)19(3)25(33)29-24-8-7-22(15-23(24)27)28-26(34)21-6-4-5-20(14-21)16-31-9-11-35-12-10-31/h4-8,13-15,19H,9-12,16H2,1-3H3,(H,28,34)(H,29,33). The molecule has 35 heavy (non-hydrogen) atoms. The molecule has 2 heterocycles. The predicted molar refractivity (Wildman–Crippen MR) is 137 cm³/mol. The van der Waals surface area contributed by atoms with Crippen molar-refractivity contribution in [3.8, 4) is 0 Å². The minimum atomic E-state index is -0.496. The van der Waals surface area contributed by atoms with Crippen LogP contribution in [0.3, 0.4) is 0 Å². The smallest absolute Gasteiger partial charge is 0.255 e. The Morgan fingerprint density at radius 1 is 1.09 bits per heavy atom. The van der Waals surface area contributed by atoms with E-state index in [4.69, 9.17) is 16.3 Å². The maximum atomic E-state index is 12.8. The molecule has 1 fully saturated rings. The van der Waals surface area contributed by atoms with Crippen molar-refractivity contribution in [2.45, 2.75) is 33.4 Å². The number of carbonyl (C=O) groups excluding carboxylic acids is 2. The van der Waals surface area contributed by atoms with Gasteiger partial charge in [0.1, 0.15) is 6.04 Å². The van der Waals surface area contributed by atoms with Gasteiger partial charge in [-0.15, -0.1) is 0 Å². The van der Waals surface area contributed by atoms with Gasteiger partial charge in [-0.2, -0.15) is 5.10 Å². The molecule has 1 atom stereocenters. The van der Waals surface area contributed by atoms with E-state index in [1.54, 1.807) is 35.9 Å². The Hall–Kier alpha value is -3.20. The van der Waals surface area contributed by atoms with Crippen LogP contribution in [0, 0.1) is 13.8 Å². The van der Waals surface area contributed by atoms with Crippen molar-refractivity contribution in [3.63, 3.8) is 0 Å². The van der Waals surface area contributed by atoms with Gasteiger partial charge in [-0.25, -0.2) is 0 Å². The molecule has 3 aromatic rings. The number of aryl methyl sites for hydroxylation is 2. The van der Waals surface area contributed by atoms with Gasteiger partial charge in [-0.1, -0.05) is 23.7 Å². The summed E-state index contributed by atoms with van der Waals surface area (Å²) in [5.41, 5.74) is 4.42. The molecule has 184 valence electrons. The first-order valence-electron chi connectivity index (χ1n) is 11.6. The van der Waals surface area contributed by atoms with Crippen molar-refractivity contribution in [3.05, 3.63) is 76.1 Å². The Bertz CT molecular complexity index is 1220. The van der Waals surface area contributed by atoms with Gasteiger partial charge in [-0.05, 0) is 62.7 Å². The van der Waals surface area contributed by atoms with E-state index in [9.17, 15) is 9.59 Å². The summed E-state index contributed by atoms with van der Waals surface area (Å²) >= 11 is 6.42. The number of rotatable bonds is 7. The molecule has 9 heteroatoms. The SMILES string of the molecule is Cc1cc(C)n(C(C)C(=O)Nc2ccc(NC(=O)c3cccc(CN4CCOCC4)c3)cc2Cl)n1. The molecule has 8 nitrogen and oxygen atoms in total. The number of nitrogens with one attached hydrogen (secondary N) is 2. The molecule has 0 radical (unpaired) electrons. The van der Waals surface area contributed by atoms with Gasteiger partial charge >= 0.3 is 0 Å². The molecular formula is C26H30ClN5O3. The Morgan fingerprint density at radius 3 is 2.54 bits per heavy atom. The minimum absolute atomic E-state index is 0.222. The predicted octanol–water partition coefficient (Wildman–Crippen LogP) is 4.44. The summed E-state index contributed by atoms with van der Waals surface area (Å²) in [6.07, 6.45) is 0. The zero-order chi connectivity index (χ0) is 24.9. The van der Waals surface area contributed by atoms with Crippen molar-refractivity contribution in [2.24, 2.45) is 0 Å². The van der Waals surface area contributed by atoms with Crippen LogP contribution in [0.5, 0.6) is 0 Å². The molecule has 0 saturated carbocycles. The van der Waals surface area contributed by atoms with Crippen molar-refractivity contribution in [1.82, 2.24) is 14.7 Å². The van der Waals surface area contributed by atoms with Gasteiger partial charge in [0, 0.05) is 36.6 Å². The lowest BCUT2D eigenvalue weighted by Crippen LogP contribution is -2.35. The minimum Gasteiger partial charge on any atom is -0.379 e. The summed E-state index contributed by atoms with van der Waals surface area (Å²) in [5, 5.41) is 10.4. The third-order valence-corrected chi connectivity index (χ3v) is 6.29. The van der Waals surface area contributed by atoms with E-state index in [1.165, 1.54) is 0 Å². The Morgan fingerprint density at radius 2 is 1.86 bits per heavy atom. The Labute approximate surface area is 210 Å². The van der Waals surface area contributed by atoms with E-state index in [2.05, 4.69) is 20.6 Å². The normalized spacial score (nSPS) is 15.0. The number of ether oxygens (including phenoxy) is 1. The number of nitrogens with zero attached hydrogens (tertiary/aromatic N) is 3. The quantitative estimate of drug-likeness (QED) is 0.506. The number of hydrogen-bond donors (Lipinski definition) is 2. The van der Waals surface area contributed by atoms with Crippen LogP contribution in [0.2, 0.25) is 5.02 Å². The fourth-order valence-corrected chi connectivity index (χ4v) is 4.34. The van der Waals surface area contributed by atoms with E-state index >= 15 is 0 Å². The number of halogens is 1. The molecule has 4 rings (SSSR count). The van der Waals surface area contributed by atoms with Gasteiger partial charge in [-0.3, -0.25) is 19.2 Å². The number of carbonyl (C=O) groups is 2. The zero-order valence-electron chi connectivity index (χ0n) is 20.2.